The van der Waals surface area contributed by atoms with Crippen molar-refractivity contribution in [3.05, 3.63) is 42.0 Å². The number of carbonyl (C=O) groups excluding carboxylic acids is 2. The van der Waals surface area contributed by atoms with E-state index in [0.29, 0.717) is 12.2 Å². The molecule has 1 unspecified atom stereocenters. The van der Waals surface area contributed by atoms with Crippen molar-refractivity contribution in [2.45, 2.75) is 11.8 Å². The van der Waals surface area contributed by atoms with Gasteiger partial charge in [0.2, 0.25) is 0 Å². The monoisotopic (exact) mass is 276 g/mol. The van der Waals surface area contributed by atoms with Crippen LogP contribution in [0.15, 0.2) is 36.4 Å². The molecule has 1 atom stereocenters. The van der Waals surface area contributed by atoms with Crippen LogP contribution in [-0.2, 0) is 24.5 Å². The number of allylic oxidation sites excluding steroid dienone is 1. The number of ether oxygens (including phenoxy) is 3. The zero-order valence-electron chi connectivity index (χ0n) is 11.4. The molecular weight excluding hydrogens is 260 g/mol. The zero-order chi connectivity index (χ0) is 14.6. The van der Waals surface area contributed by atoms with Gasteiger partial charge in [0.05, 0.1) is 14.2 Å². The molecule has 0 saturated carbocycles. The van der Waals surface area contributed by atoms with Gasteiger partial charge >= 0.3 is 11.9 Å². The summed E-state index contributed by atoms with van der Waals surface area (Å²) >= 11 is 0. The summed E-state index contributed by atoms with van der Waals surface area (Å²) in [6.07, 6.45) is 3.21. The van der Waals surface area contributed by atoms with Crippen LogP contribution < -0.4 is 4.74 Å². The van der Waals surface area contributed by atoms with Gasteiger partial charge in [0.15, 0.2) is 0 Å². The number of carbonyl (C=O) groups is 2. The van der Waals surface area contributed by atoms with Gasteiger partial charge in [-0.2, -0.15) is 0 Å². The van der Waals surface area contributed by atoms with Crippen LogP contribution in [0, 0.1) is 0 Å². The Labute approximate surface area is 117 Å². The molecule has 5 nitrogen and oxygen atoms in total. The minimum atomic E-state index is -0.907. The molecule has 5 heteroatoms. The Kier molecular flexibility index (Phi) is 4.08. The van der Waals surface area contributed by atoms with Crippen molar-refractivity contribution in [1.29, 1.82) is 0 Å². The minimum absolute atomic E-state index is 0.199. The van der Waals surface area contributed by atoms with E-state index in [1.807, 2.05) is 24.3 Å². The van der Waals surface area contributed by atoms with E-state index in [1.165, 1.54) is 20.3 Å². The standard InChI is InChI=1S/C15H16O5/c1-18-13(16)8-5-9-15(14(17)19-2)10-20-12-7-4-3-6-11(12)15/h3-8H,9-10H2,1-2H3/b8-5+. The van der Waals surface area contributed by atoms with E-state index in [-0.39, 0.29) is 12.6 Å². The number of hydrogen-bond acceptors (Lipinski definition) is 5. The molecule has 0 spiro atoms. The molecule has 20 heavy (non-hydrogen) atoms. The quantitative estimate of drug-likeness (QED) is 0.617. The second kappa shape index (κ2) is 5.77. The first-order chi connectivity index (χ1) is 9.64. The molecule has 2 rings (SSSR count). The van der Waals surface area contributed by atoms with Crippen LogP contribution in [0.3, 0.4) is 0 Å². The van der Waals surface area contributed by atoms with Crippen molar-refractivity contribution >= 4 is 11.9 Å². The maximum atomic E-state index is 12.2. The fourth-order valence-corrected chi connectivity index (χ4v) is 2.31. The van der Waals surface area contributed by atoms with Crippen LogP contribution in [0.25, 0.3) is 0 Å². The predicted octanol–water partition coefficient (Wildman–Crippen LogP) is 1.61. The molecule has 106 valence electrons. The molecule has 1 aliphatic rings. The number of hydrogen-bond donors (Lipinski definition) is 0. The van der Waals surface area contributed by atoms with Gasteiger partial charge < -0.3 is 14.2 Å². The van der Waals surface area contributed by atoms with E-state index in [9.17, 15) is 9.59 Å². The molecular formula is C15H16O5. The molecule has 1 heterocycles. The highest BCUT2D eigenvalue weighted by Crippen LogP contribution is 2.42. The highest BCUT2D eigenvalue weighted by atomic mass is 16.5. The number of fused-ring (bicyclic) bond motifs is 1. The summed E-state index contributed by atoms with van der Waals surface area (Å²) in [5.41, 5.74) is -0.128. The van der Waals surface area contributed by atoms with Gasteiger partial charge in [-0.25, -0.2) is 4.79 Å². The van der Waals surface area contributed by atoms with E-state index in [2.05, 4.69) is 4.74 Å². The first kappa shape index (κ1) is 14.1. The van der Waals surface area contributed by atoms with Crippen LogP contribution >= 0.6 is 0 Å². The van der Waals surface area contributed by atoms with Crippen LogP contribution in [0.5, 0.6) is 5.75 Å². The molecule has 1 aromatic rings. The van der Waals surface area contributed by atoms with Gasteiger partial charge in [-0.05, 0) is 12.5 Å². The van der Waals surface area contributed by atoms with E-state index in [0.717, 1.165) is 5.56 Å². The van der Waals surface area contributed by atoms with Crippen LogP contribution in [0.2, 0.25) is 0 Å². The Morgan fingerprint density at radius 3 is 2.75 bits per heavy atom. The summed E-state index contributed by atoms with van der Waals surface area (Å²) in [7, 11) is 2.64. The average Bonchev–Trinajstić information content (AvgIpc) is 2.86. The van der Waals surface area contributed by atoms with Crippen LogP contribution in [0.4, 0.5) is 0 Å². The smallest absolute Gasteiger partial charge is 0.330 e. The lowest BCUT2D eigenvalue weighted by Crippen LogP contribution is -2.38. The lowest BCUT2D eigenvalue weighted by molar-refractivity contribution is -0.148. The summed E-state index contributed by atoms with van der Waals surface area (Å²) in [4.78, 5) is 23.3. The van der Waals surface area contributed by atoms with E-state index < -0.39 is 11.4 Å². The summed E-state index contributed by atoms with van der Waals surface area (Å²) in [6.45, 7) is 0.199. The maximum Gasteiger partial charge on any atom is 0.330 e. The maximum absolute atomic E-state index is 12.2. The Bertz CT molecular complexity index is 549. The van der Waals surface area contributed by atoms with Gasteiger partial charge in [-0.15, -0.1) is 0 Å². The molecule has 0 aromatic heterocycles. The van der Waals surface area contributed by atoms with E-state index in [1.54, 1.807) is 6.08 Å². The molecule has 0 saturated heterocycles. The highest BCUT2D eigenvalue weighted by Gasteiger charge is 2.47. The number of rotatable bonds is 4. The third-order valence-electron chi connectivity index (χ3n) is 3.37. The Balaban J connectivity index is 2.32. The summed E-state index contributed by atoms with van der Waals surface area (Å²) in [5.74, 6) is -0.168. The fourth-order valence-electron chi connectivity index (χ4n) is 2.31. The van der Waals surface area contributed by atoms with Crippen molar-refractivity contribution in [2.75, 3.05) is 20.8 Å². The normalized spacial score (nSPS) is 20.3. The van der Waals surface area contributed by atoms with E-state index in [4.69, 9.17) is 9.47 Å². The van der Waals surface area contributed by atoms with Crippen LogP contribution in [-0.4, -0.2) is 32.8 Å². The molecule has 0 amide bonds. The van der Waals surface area contributed by atoms with Crippen molar-refractivity contribution in [3.63, 3.8) is 0 Å². The number of para-hydroxylation sites is 1. The third-order valence-corrected chi connectivity index (χ3v) is 3.37. The van der Waals surface area contributed by atoms with Gasteiger partial charge in [-0.3, -0.25) is 4.79 Å². The SMILES string of the molecule is COC(=O)/C=C/CC1(C(=O)OC)COc2ccccc21. The second-order valence-electron chi connectivity index (χ2n) is 4.49. The van der Waals surface area contributed by atoms with Crippen molar-refractivity contribution in [2.24, 2.45) is 0 Å². The lowest BCUT2D eigenvalue weighted by atomic mass is 9.79. The minimum Gasteiger partial charge on any atom is -0.492 e. The van der Waals surface area contributed by atoms with E-state index >= 15 is 0 Å². The zero-order valence-corrected chi connectivity index (χ0v) is 11.4. The molecule has 1 aromatic carbocycles. The molecule has 0 radical (unpaired) electrons. The van der Waals surface area contributed by atoms with Crippen LogP contribution in [0.1, 0.15) is 12.0 Å². The van der Waals surface area contributed by atoms with Gasteiger partial charge in [-0.1, -0.05) is 24.3 Å². The average molecular weight is 276 g/mol. The Hall–Kier alpha value is -2.30. The molecule has 1 aliphatic heterocycles. The molecule has 0 fully saturated rings. The first-order valence-corrected chi connectivity index (χ1v) is 6.19. The van der Waals surface area contributed by atoms with Crippen molar-refractivity contribution in [3.8, 4) is 5.75 Å². The Morgan fingerprint density at radius 1 is 1.30 bits per heavy atom. The molecule has 0 bridgehead atoms. The predicted molar refractivity (Wildman–Crippen MR) is 71.4 cm³/mol. The summed E-state index contributed by atoms with van der Waals surface area (Å²) in [6, 6.07) is 7.33. The Morgan fingerprint density at radius 2 is 2.05 bits per heavy atom. The topological polar surface area (TPSA) is 61.8 Å². The molecule has 0 N–H and O–H groups in total. The van der Waals surface area contributed by atoms with Gasteiger partial charge in [0.25, 0.3) is 0 Å². The lowest BCUT2D eigenvalue weighted by Gasteiger charge is -2.23. The second-order valence-corrected chi connectivity index (χ2v) is 4.49. The fraction of sp³-hybridized carbons (Fsp3) is 0.333. The van der Waals surface area contributed by atoms with Crippen molar-refractivity contribution in [1.82, 2.24) is 0 Å². The van der Waals surface area contributed by atoms with Gasteiger partial charge in [0, 0.05) is 11.6 Å². The largest absolute Gasteiger partial charge is 0.492 e. The third kappa shape index (κ3) is 2.39. The van der Waals surface area contributed by atoms with Gasteiger partial charge in [0.1, 0.15) is 17.8 Å². The molecule has 0 aliphatic carbocycles. The number of esters is 2. The summed E-state index contributed by atoms with van der Waals surface area (Å²) < 4.78 is 15.0. The first-order valence-electron chi connectivity index (χ1n) is 6.19. The van der Waals surface area contributed by atoms with Crippen molar-refractivity contribution < 1.29 is 23.8 Å². The number of methoxy groups -OCH3 is 2. The number of benzene rings is 1. The summed E-state index contributed by atoms with van der Waals surface area (Å²) in [5, 5.41) is 0. The highest BCUT2D eigenvalue weighted by molar-refractivity contribution is 5.86.